The SMILES string of the molecule is CC(C)C(C)(O)COCCN. The summed E-state index contributed by atoms with van der Waals surface area (Å²) in [7, 11) is 0. The topological polar surface area (TPSA) is 55.5 Å². The first-order chi connectivity index (χ1) is 5.00. The number of hydrogen-bond donors (Lipinski definition) is 2. The van der Waals surface area contributed by atoms with E-state index in [0.29, 0.717) is 19.8 Å². The van der Waals surface area contributed by atoms with Crippen molar-refractivity contribution >= 4 is 0 Å². The molecule has 68 valence electrons. The van der Waals surface area contributed by atoms with Crippen LogP contribution in [0.2, 0.25) is 0 Å². The highest BCUT2D eigenvalue weighted by atomic mass is 16.5. The highest BCUT2D eigenvalue weighted by Gasteiger charge is 2.24. The first-order valence-electron chi connectivity index (χ1n) is 4.01. The lowest BCUT2D eigenvalue weighted by Gasteiger charge is -2.27. The first-order valence-corrected chi connectivity index (χ1v) is 4.01. The van der Waals surface area contributed by atoms with Gasteiger partial charge in [-0.1, -0.05) is 13.8 Å². The van der Waals surface area contributed by atoms with E-state index in [1.54, 1.807) is 6.92 Å². The van der Waals surface area contributed by atoms with Crippen LogP contribution in [0.3, 0.4) is 0 Å². The maximum atomic E-state index is 9.65. The molecule has 3 nitrogen and oxygen atoms in total. The fraction of sp³-hybridized carbons (Fsp3) is 1.00. The maximum absolute atomic E-state index is 9.65. The van der Waals surface area contributed by atoms with Crippen molar-refractivity contribution in [3.05, 3.63) is 0 Å². The lowest BCUT2D eigenvalue weighted by Crippen LogP contribution is -2.37. The van der Waals surface area contributed by atoms with Gasteiger partial charge in [-0.25, -0.2) is 0 Å². The zero-order valence-corrected chi connectivity index (χ0v) is 7.63. The summed E-state index contributed by atoms with van der Waals surface area (Å²) in [4.78, 5) is 0. The van der Waals surface area contributed by atoms with Crippen molar-refractivity contribution in [3.8, 4) is 0 Å². The van der Waals surface area contributed by atoms with Gasteiger partial charge in [0.15, 0.2) is 0 Å². The van der Waals surface area contributed by atoms with Crippen molar-refractivity contribution in [2.45, 2.75) is 26.4 Å². The molecule has 3 heteroatoms. The molecule has 1 atom stereocenters. The Morgan fingerprint density at radius 1 is 1.55 bits per heavy atom. The van der Waals surface area contributed by atoms with Crippen molar-refractivity contribution in [2.75, 3.05) is 19.8 Å². The molecule has 0 rings (SSSR count). The smallest absolute Gasteiger partial charge is 0.0874 e. The minimum absolute atomic E-state index is 0.209. The van der Waals surface area contributed by atoms with Gasteiger partial charge in [-0.05, 0) is 12.8 Å². The lowest BCUT2D eigenvalue weighted by atomic mass is 9.94. The third kappa shape index (κ3) is 4.35. The number of ether oxygens (including phenoxy) is 1. The number of aliphatic hydroxyl groups is 1. The van der Waals surface area contributed by atoms with Crippen molar-refractivity contribution in [3.63, 3.8) is 0 Å². The number of rotatable bonds is 5. The summed E-state index contributed by atoms with van der Waals surface area (Å²) in [6, 6.07) is 0. The Morgan fingerprint density at radius 2 is 2.09 bits per heavy atom. The Kier molecular flexibility index (Phi) is 4.65. The van der Waals surface area contributed by atoms with Crippen molar-refractivity contribution < 1.29 is 9.84 Å². The second-order valence-corrected chi connectivity index (χ2v) is 3.35. The van der Waals surface area contributed by atoms with Gasteiger partial charge in [-0.2, -0.15) is 0 Å². The van der Waals surface area contributed by atoms with Crippen molar-refractivity contribution in [1.29, 1.82) is 0 Å². The van der Waals surface area contributed by atoms with Crippen LogP contribution in [0.5, 0.6) is 0 Å². The average Bonchev–Trinajstić information content (AvgIpc) is 1.88. The molecule has 0 aromatic carbocycles. The van der Waals surface area contributed by atoms with Gasteiger partial charge in [0.2, 0.25) is 0 Å². The molecule has 0 heterocycles. The van der Waals surface area contributed by atoms with Gasteiger partial charge in [-0.15, -0.1) is 0 Å². The van der Waals surface area contributed by atoms with Crippen molar-refractivity contribution in [1.82, 2.24) is 0 Å². The third-order valence-electron chi connectivity index (χ3n) is 1.90. The molecule has 0 bridgehead atoms. The van der Waals surface area contributed by atoms with E-state index < -0.39 is 5.60 Å². The van der Waals surface area contributed by atoms with E-state index in [9.17, 15) is 5.11 Å². The average molecular weight is 161 g/mol. The van der Waals surface area contributed by atoms with Gasteiger partial charge in [-0.3, -0.25) is 0 Å². The predicted octanol–water partition coefficient (Wildman–Crippen LogP) is 0.369. The summed E-state index contributed by atoms with van der Waals surface area (Å²) in [6.07, 6.45) is 0. The first kappa shape index (κ1) is 10.9. The van der Waals surface area contributed by atoms with Crippen LogP contribution in [-0.4, -0.2) is 30.5 Å². The van der Waals surface area contributed by atoms with Crippen LogP contribution in [0.15, 0.2) is 0 Å². The molecule has 3 N–H and O–H groups in total. The third-order valence-corrected chi connectivity index (χ3v) is 1.90. The van der Waals surface area contributed by atoms with E-state index in [2.05, 4.69) is 0 Å². The summed E-state index contributed by atoms with van der Waals surface area (Å²) >= 11 is 0. The van der Waals surface area contributed by atoms with Gasteiger partial charge in [0.25, 0.3) is 0 Å². The Bertz CT molecular complexity index is 102. The van der Waals surface area contributed by atoms with Gasteiger partial charge in [0, 0.05) is 6.54 Å². The molecule has 0 aliphatic rings. The minimum Gasteiger partial charge on any atom is -0.388 e. The Labute approximate surface area is 68.5 Å². The summed E-state index contributed by atoms with van der Waals surface area (Å²) in [5, 5.41) is 9.65. The molecular weight excluding hydrogens is 142 g/mol. The molecule has 1 unspecified atom stereocenters. The standard InChI is InChI=1S/C8H19NO2/c1-7(2)8(3,10)6-11-5-4-9/h7,10H,4-6,9H2,1-3H3. The van der Waals surface area contributed by atoms with Crippen LogP contribution in [-0.2, 0) is 4.74 Å². The highest BCUT2D eigenvalue weighted by Crippen LogP contribution is 2.15. The molecule has 0 aromatic heterocycles. The van der Waals surface area contributed by atoms with Gasteiger partial charge < -0.3 is 15.6 Å². The van der Waals surface area contributed by atoms with E-state index in [1.165, 1.54) is 0 Å². The van der Waals surface area contributed by atoms with Gasteiger partial charge in [0.1, 0.15) is 0 Å². The number of nitrogens with two attached hydrogens (primary N) is 1. The van der Waals surface area contributed by atoms with Crippen LogP contribution >= 0.6 is 0 Å². The lowest BCUT2D eigenvalue weighted by molar-refractivity contribution is -0.0613. The zero-order chi connectivity index (χ0) is 8.91. The van der Waals surface area contributed by atoms with E-state index in [0.717, 1.165) is 0 Å². The molecule has 0 aromatic rings. The quantitative estimate of drug-likeness (QED) is 0.573. The van der Waals surface area contributed by atoms with Crippen LogP contribution in [0, 0.1) is 5.92 Å². The minimum atomic E-state index is -0.727. The number of hydrogen-bond acceptors (Lipinski definition) is 3. The molecule has 0 saturated heterocycles. The largest absolute Gasteiger partial charge is 0.388 e. The van der Waals surface area contributed by atoms with Gasteiger partial charge in [0.05, 0.1) is 18.8 Å². The monoisotopic (exact) mass is 161 g/mol. The molecule has 0 radical (unpaired) electrons. The van der Waals surface area contributed by atoms with Crippen molar-refractivity contribution in [2.24, 2.45) is 11.7 Å². The molecule has 0 aliphatic heterocycles. The molecular formula is C8H19NO2. The molecule has 0 aliphatic carbocycles. The Morgan fingerprint density at radius 3 is 2.45 bits per heavy atom. The predicted molar refractivity (Wildman–Crippen MR) is 45.3 cm³/mol. The zero-order valence-electron chi connectivity index (χ0n) is 7.63. The molecule has 0 fully saturated rings. The van der Waals surface area contributed by atoms with Crippen LogP contribution in [0.4, 0.5) is 0 Å². The second-order valence-electron chi connectivity index (χ2n) is 3.35. The second kappa shape index (κ2) is 4.70. The Hall–Kier alpha value is -0.120. The van der Waals surface area contributed by atoms with E-state index >= 15 is 0 Å². The summed E-state index contributed by atoms with van der Waals surface area (Å²) < 4.78 is 5.13. The summed E-state index contributed by atoms with van der Waals surface area (Å²) in [6.45, 7) is 7.09. The van der Waals surface area contributed by atoms with Crippen LogP contribution in [0.25, 0.3) is 0 Å². The normalized spacial score (nSPS) is 16.9. The Balaban J connectivity index is 3.55. The van der Waals surface area contributed by atoms with Crippen LogP contribution < -0.4 is 5.73 Å². The summed E-state index contributed by atoms with van der Waals surface area (Å²) in [5.41, 5.74) is 4.50. The van der Waals surface area contributed by atoms with E-state index in [1.807, 2.05) is 13.8 Å². The maximum Gasteiger partial charge on any atom is 0.0874 e. The molecule has 0 spiro atoms. The molecule has 0 saturated carbocycles. The van der Waals surface area contributed by atoms with E-state index in [-0.39, 0.29) is 5.92 Å². The van der Waals surface area contributed by atoms with Gasteiger partial charge >= 0.3 is 0 Å². The highest BCUT2D eigenvalue weighted by molar-refractivity contribution is 4.75. The van der Waals surface area contributed by atoms with E-state index in [4.69, 9.17) is 10.5 Å². The van der Waals surface area contributed by atoms with Crippen LogP contribution in [0.1, 0.15) is 20.8 Å². The molecule has 11 heavy (non-hydrogen) atoms. The fourth-order valence-corrected chi connectivity index (χ4v) is 0.529. The summed E-state index contributed by atoms with van der Waals surface area (Å²) in [5.74, 6) is 0.209. The fourth-order valence-electron chi connectivity index (χ4n) is 0.529. The molecule has 0 amide bonds.